The van der Waals surface area contributed by atoms with Crippen molar-refractivity contribution in [2.45, 2.75) is 19.9 Å². The third kappa shape index (κ3) is 1.96. The van der Waals surface area contributed by atoms with Crippen molar-refractivity contribution in [2.75, 3.05) is 0 Å². The van der Waals surface area contributed by atoms with Crippen LogP contribution < -0.4 is 0 Å². The number of H-pyrrole nitrogens is 1. The molecular weight excluding hydrogens is 275 g/mol. The summed E-state index contributed by atoms with van der Waals surface area (Å²) in [7, 11) is 1.88. The lowest BCUT2D eigenvalue weighted by molar-refractivity contribution is 0.597. The number of hydrogen-bond acceptors (Lipinski definition) is 2. The van der Waals surface area contributed by atoms with Crippen LogP contribution in [0.25, 0.3) is 11.2 Å². The molecule has 0 spiro atoms. The number of nitrogens with one attached hydrogen (secondary N) is 1. The maximum atomic E-state index is 13.8. The Morgan fingerprint density at radius 2 is 2.10 bits per heavy atom. The van der Waals surface area contributed by atoms with Gasteiger partial charge < -0.3 is 4.98 Å². The zero-order chi connectivity index (χ0) is 14.3. The van der Waals surface area contributed by atoms with E-state index in [0.717, 1.165) is 23.3 Å². The Balaban J connectivity index is 2.17. The van der Waals surface area contributed by atoms with E-state index in [1.807, 2.05) is 24.6 Å². The second kappa shape index (κ2) is 4.86. The normalized spacial score (nSPS) is 11.3. The van der Waals surface area contributed by atoms with Crippen molar-refractivity contribution in [3.8, 4) is 0 Å². The van der Waals surface area contributed by atoms with Gasteiger partial charge in [0.2, 0.25) is 0 Å². The molecule has 0 amide bonds. The summed E-state index contributed by atoms with van der Waals surface area (Å²) in [6.07, 6.45) is 0.826. The van der Waals surface area contributed by atoms with Crippen LogP contribution in [0.5, 0.6) is 0 Å². The number of nitrogens with zero attached hydrogens (tertiary/aromatic N) is 3. The van der Waals surface area contributed by atoms with Gasteiger partial charge in [-0.05, 0) is 24.7 Å². The molecule has 0 radical (unpaired) electrons. The van der Waals surface area contributed by atoms with E-state index in [4.69, 9.17) is 12.2 Å². The van der Waals surface area contributed by atoms with Crippen LogP contribution in [-0.2, 0) is 20.0 Å². The molecular formula is C14H15FN4S. The number of aryl methyl sites for hydroxylation is 2. The summed E-state index contributed by atoms with van der Waals surface area (Å²) in [6, 6.07) is 6.74. The second-order valence-corrected chi connectivity index (χ2v) is 5.12. The Bertz CT molecular complexity index is 827. The van der Waals surface area contributed by atoms with Gasteiger partial charge in [-0.15, -0.1) is 0 Å². The van der Waals surface area contributed by atoms with Crippen LogP contribution in [0, 0.1) is 10.6 Å². The number of aromatic amines is 1. The molecule has 1 aromatic carbocycles. The third-order valence-electron chi connectivity index (χ3n) is 3.44. The van der Waals surface area contributed by atoms with E-state index in [2.05, 4.69) is 10.1 Å². The summed E-state index contributed by atoms with van der Waals surface area (Å²) in [5.41, 5.74) is 3.43. The predicted octanol–water partition coefficient (Wildman–Crippen LogP) is 3.18. The van der Waals surface area contributed by atoms with Crippen LogP contribution in [-0.4, -0.2) is 19.3 Å². The van der Waals surface area contributed by atoms with Gasteiger partial charge in [-0.2, -0.15) is 5.10 Å². The Morgan fingerprint density at radius 3 is 2.80 bits per heavy atom. The summed E-state index contributed by atoms with van der Waals surface area (Å²) in [4.78, 5) is 3.18. The SMILES string of the molecule is CCc1nn(C)c2c1[nH]c(=S)n2Cc1ccccc1F. The van der Waals surface area contributed by atoms with Gasteiger partial charge in [-0.3, -0.25) is 9.25 Å². The first-order valence-corrected chi connectivity index (χ1v) is 6.90. The number of fused-ring (bicyclic) bond motifs is 1. The van der Waals surface area contributed by atoms with Gasteiger partial charge in [0.05, 0.1) is 12.2 Å². The Labute approximate surface area is 120 Å². The van der Waals surface area contributed by atoms with Crippen LogP contribution in [0.1, 0.15) is 18.2 Å². The molecule has 6 heteroatoms. The monoisotopic (exact) mass is 290 g/mol. The Hall–Kier alpha value is -1.95. The molecule has 0 aliphatic heterocycles. The fourth-order valence-corrected chi connectivity index (χ4v) is 2.72. The third-order valence-corrected chi connectivity index (χ3v) is 3.77. The van der Waals surface area contributed by atoms with Gasteiger partial charge in [0.1, 0.15) is 11.3 Å². The van der Waals surface area contributed by atoms with Gasteiger partial charge >= 0.3 is 0 Å². The summed E-state index contributed by atoms with van der Waals surface area (Å²) >= 11 is 5.36. The Kier molecular flexibility index (Phi) is 3.17. The minimum Gasteiger partial charge on any atom is -0.328 e. The van der Waals surface area contributed by atoms with Crippen molar-refractivity contribution in [1.29, 1.82) is 0 Å². The molecule has 0 saturated carbocycles. The molecule has 0 saturated heterocycles. The summed E-state index contributed by atoms with van der Waals surface area (Å²) in [6.45, 7) is 2.45. The van der Waals surface area contributed by atoms with Crippen LogP contribution in [0.4, 0.5) is 4.39 Å². The zero-order valence-corrected chi connectivity index (χ0v) is 12.2. The number of imidazole rings is 1. The van der Waals surface area contributed by atoms with Gasteiger partial charge in [0, 0.05) is 12.6 Å². The highest BCUT2D eigenvalue weighted by Crippen LogP contribution is 2.20. The summed E-state index contributed by atoms with van der Waals surface area (Å²) in [5.74, 6) is -0.221. The highest BCUT2D eigenvalue weighted by atomic mass is 32.1. The molecule has 20 heavy (non-hydrogen) atoms. The predicted molar refractivity (Wildman–Crippen MR) is 78.8 cm³/mol. The van der Waals surface area contributed by atoms with E-state index >= 15 is 0 Å². The molecule has 2 heterocycles. The van der Waals surface area contributed by atoms with E-state index < -0.39 is 0 Å². The maximum Gasteiger partial charge on any atom is 0.179 e. The maximum absolute atomic E-state index is 13.8. The minimum atomic E-state index is -0.221. The van der Waals surface area contributed by atoms with E-state index in [1.165, 1.54) is 6.07 Å². The first kappa shape index (κ1) is 13.1. The van der Waals surface area contributed by atoms with Crippen molar-refractivity contribution in [3.63, 3.8) is 0 Å². The van der Waals surface area contributed by atoms with Gasteiger partial charge in [0.25, 0.3) is 0 Å². The average Bonchev–Trinajstić information content (AvgIpc) is 2.91. The van der Waals surface area contributed by atoms with Gasteiger partial charge in [-0.1, -0.05) is 25.1 Å². The second-order valence-electron chi connectivity index (χ2n) is 4.73. The van der Waals surface area contributed by atoms with E-state index in [0.29, 0.717) is 16.9 Å². The number of benzene rings is 1. The first-order chi connectivity index (χ1) is 9.61. The van der Waals surface area contributed by atoms with Crippen LogP contribution in [0.15, 0.2) is 24.3 Å². The van der Waals surface area contributed by atoms with E-state index in [1.54, 1.807) is 16.8 Å². The fraction of sp³-hybridized carbons (Fsp3) is 0.286. The lowest BCUT2D eigenvalue weighted by Gasteiger charge is -2.06. The molecule has 0 atom stereocenters. The number of rotatable bonds is 3. The van der Waals surface area contributed by atoms with Crippen molar-refractivity contribution in [3.05, 3.63) is 46.1 Å². The van der Waals surface area contributed by atoms with Crippen LogP contribution >= 0.6 is 12.2 Å². The molecule has 3 aromatic rings. The fourth-order valence-electron chi connectivity index (χ4n) is 2.47. The molecule has 0 fully saturated rings. The van der Waals surface area contributed by atoms with Crippen LogP contribution in [0.2, 0.25) is 0 Å². The van der Waals surface area contributed by atoms with Crippen LogP contribution in [0.3, 0.4) is 0 Å². The van der Waals surface area contributed by atoms with Gasteiger partial charge in [-0.25, -0.2) is 4.39 Å². The summed E-state index contributed by atoms with van der Waals surface area (Å²) < 4.78 is 18.1. The molecule has 1 N–H and O–H groups in total. The molecule has 104 valence electrons. The smallest absolute Gasteiger partial charge is 0.179 e. The van der Waals surface area contributed by atoms with Gasteiger partial charge in [0.15, 0.2) is 10.4 Å². The molecule has 0 bridgehead atoms. The number of hydrogen-bond donors (Lipinski definition) is 1. The molecule has 2 aromatic heterocycles. The van der Waals surface area contributed by atoms with Crippen molar-refractivity contribution in [2.24, 2.45) is 7.05 Å². The van der Waals surface area contributed by atoms with E-state index in [9.17, 15) is 4.39 Å². The lowest BCUT2D eigenvalue weighted by Crippen LogP contribution is -2.05. The number of halogens is 1. The quantitative estimate of drug-likeness (QED) is 0.752. The van der Waals surface area contributed by atoms with E-state index in [-0.39, 0.29) is 5.82 Å². The van der Waals surface area contributed by atoms with Crippen molar-refractivity contribution in [1.82, 2.24) is 19.3 Å². The largest absolute Gasteiger partial charge is 0.328 e. The number of aromatic nitrogens is 4. The minimum absolute atomic E-state index is 0.221. The first-order valence-electron chi connectivity index (χ1n) is 6.49. The summed E-state index contributed by atoms with van der Waals surface area (Å²) in [5, 5.41) is 4.46. The standard InChI is InChI=1S/C14H15FN4S/c1-3-11-12-13(18(2)17-11)19(14(20)16-12)8-9-6-4-5-7-10(9)15/h4-7H,3,8H2,1-2H3,(H,16,20). The molecule has 0 aliphatic rings. The molecule has 4 nitrogen and oxygen atoms in total. The van der Waals surface area contributed by atoms with Crippen molar-refractivity contribution >= 4 is 23.4 Å². The molecule has 0 aliphatic carbocycles. The Morgan fingerprint density at radius 1 is 1.35 bits per heavy atom. The topological polar surface area (TPSA) is 38.5 Å². The van der Waals surface area contributed by atoms with Crippen molar-refractivity contribution < 1.29 is 4.39 Å². The molecule has 3 rings (SSSR count). The zero-order valence-electron chi connectivity index (χ0n) is 11.4. The average molecular weight is 290 g/mol. The molecule has 0 unspecified atom stereocenters. The lowest BCUT2D eigenvalue weighted by atomic mass is 10.2. The highest BCUT2D eigenvalue weighted by molar-refractivity contribution is 7.71. The highest BCUT2D eigenvalue weighted by Gasteiger charge is 2.15.